The number of carbonyl (C=O) groups excluding carboxylic acids is 1. The summed E-state index contributed by atoms with van der Waals surface area (Å²) in [6.07, 6.45) is 2.29. The van der Waals surface area contributed by atoms with E-state index in [1.165, 1.54) is 18.3 Å². The molecule has 2 unspecified atom stereocenters. The van der Waals surface area contributed by atoms with Crippen molar-refractivity contribution in [2.24, 2.45) is 5.92 Å². The number of carboxylic acids is 1. The smallest absolute Gasteiger partial charge is 0.335 e. The molecular formula is C13H18N2O3. The summed E-state index contributed by atoms with van der Waals surface area (Å²) in [5.41, 5.74) is 0.191. The highest BCUT2D eigenvalue weighted by atomic mass is 16.4. The lowest BCUT2D eigenvalue weighted by molar-refractivity contribution is 0.0696. The largest absolute Gasteiger partial charge is 0.478 e. The van der Waals surface area contributed by atoms with Crippen LogP contribution in [-0.4, -0.2) is 28.0 Å². The van der Waals surface area contributed by atoms with E-state index >= 15 is 0 Å². The van der Waals surface area contributed by atoms with Gasteiger partial charge in [-0.25, -0.2) is 4.79 Å². The van der Waals surface area contributed by atoms with E-state index in [1.54, 1.807) is 0 Å². The van der Waals surface area contributed by atoms with Crippen LogP contribution in [0.3, 0.4) is 0 Å². The fourth-order valence-electron chi connectivity index (χ4n) is 1.46. The Balaban J connectivity index is 2.78. The van der Waals surface area contributed by atoms with E-state index in [0.717, 1.165) is 6.42 Å². The molecule has 0 aliphatic carbocycles. The molecule has 1 aromatic rings. The van der Waals surface area contributed by atoms with E-state index in [9.17, 15) is 9.59 Å². The van der Waals surface area contributed by atoms with Crippen molar-refractivity contribution in [2.75, 3.05) is 0 Å². The molecule has 1 aromatic heterocycles. The molecule has 98 valence electrons. The van der Waals surface area contributed by atoms with E-state index in [-0.39, 0.29) is 23.2 Å². The molecule has 0 aliphatic heterocycles. The van der Waals surface area contributed by atoms with Gasteiger partial charge < -0.3 is 10.4 Å². The SMILES string of the molecule is CCC(C)C(C)NC(=O)c1cc(C(=O)O)ccn1. The second kappa shape index (κ2) is 6.14. The normalized spacial score (nSPS) is 13.7. The third-order valence-electron chi connectivity index (χ3n) is 3.10. The summed E-state index contributed by atoms with van der Waals surface area (Å²) < 4.78 is 0. The number of pyridine rings is 1. The minimum atomic E-state index is -1.07. The van der Waals surface area contributed by atoms with Crippen molar-refractivity contribution in [3.05, 3.63) is 29.6 Å². The Morgan fingerprint density at radius 3 is 2.67 bits per heavy atom. The second-order valence-corrected chi connectivity index (χ2v) is 4.38. The Morgan fingerprint density at radius 1 is 1.44 bits per heavy atom. The van der Waals surface area contributed by atoms with Gasteiger partial charge in [0.25, 0.3) is 5.91 Å². The van der Waals surface area contributed by atoms with E-state index in [1.807, 2.05) is 13.8 Å². The Morgan fingerprint density at radius 2 is 2.11 bits per heavy atom. The molecule has 0 bridgehead atoms. The highest BCUT2D eigenvalue weighted by Crippen LogP contribution is 2.08. The lowest BCUT2D eigenvalue weighted by Gasteiger charge is -2.19. The first-order valence-electron chi connectivity index (χ1n) is 5.96. The molecule has 1 amide bonds. The molecule has 18 heavy (non-hydrogen) atoms. The summed E-state index contributed by atoms with van der Waals surface area (Å²) in [4.78, 5) is 26.6. The lowest BCUT2D eigenvalue weighted by atomic mass is 10.0. The number of carboxylic acid groups (broad SMARTS) is 1. The van der Waals surface area contributed by atoms with Crippen LogP contribution in [0, 0.1) is 5.92 Å². The maximum Gasteiger partial charge on any atom is 0.335 e. The van der Waals surface area contributed by atoms with Crippen LogP contribution >= 0.6 is 0 Å². The first-order valence-corrected chi connectivity index (χ1v) is 5.96. The van der Waals surface area contributed by atoms with Gasteiger partial charge in [-0.2, -0.15) is 0 Å². The minimum absolute atomic E-state index is 0.0257. The van der Waals surface area contributed by atoms with Gasteiger partial charge in [-0.1, -0.05) is 20.3 Å². The number of nitrogens with zero attached hydrogens (tertiary/aromatic N) is 1. The number of aromatic carboxylic acids is 1. The molecule has 5 nitrogen and oxygen atoms in total. The molecule has 0 aromatic carbocycles. The van der Waals surface area contributed by atoms with Crippen LogP contribution in [0.4, 0.5) is 0 Å². The van der Waals surface area contributed by atoms with Gasteiger partial charge in [-0.05, 0) is 25.0 Å². The van der Waals surface area contributed by atoms with Crippen molar-refractivity contribution in [2.45, 2.75) is 33.2 Å². The summed E-state index contributed by atoms with van der Waals surface area (Å²) in [6, 6.07) is 2.66. The summed E-state index contributed by atoms with van der Waals surface area (Å²) in [5, 5.41) is 11.7. The summed E-state index contributed by atoms with van der Waals surface area (Å²) in [6.45, 7) is 6.02. The number of aromatic nitrogens is 1. The number of hydrogen-bond acceptors (Lipinski definition) is 3. The van der Waals surface area contributed by atoms with Crippen molar-refractivity contribution in [1.29, 1.82) is 0 Å². The van der Waals surface area contributed by atoms with Gasteiger partial charge in [-0.3, -0.25) is 9.78 Å². The van der Waals surface area contributed by atoms with Crippen molar-refractivity contribution in [1.82, 2.24) is 10.3 Å². The molecule has 2 N–H and O–H groups in total. The zero-order chi connectivity index (χ0) is 13.7. The zero-order valence-electron chi connectivity index (χ0n) is 10.8. The third kappa shape index (κ3) is 3.55. The Bertz CT molecular complexity index is 446. The number of rotatable bonds is 5. The van der Waals surface area contributed by atoms with Crippen molar-refractivity contribution >= 4 is 11.9 Å². The van der Waals surface area contributed by atoms with Crippen LogP contribution in [0.15, 0.2) is 18.3 Å². The first kappa shape index (κ1) is 14.2. The Kier molecular flexibility index (Phi) is 4.83. The Hall–Kier alpha value is -1.91. The summed E-state index contributed by atoms with van der Waals surface area (Å²) in [5.74, 6) is -1.05. The molecule has 0 fully saturated rings. The molecule has 1 heterocycles. The van der Waals surface area contributed by atoms with Gasteiger partial charge >= 0.3 is 5.97 Å². The molecule has 0 radical (unpaired) electrons. The van der Waals surface area contributed by atoms with E-state index in [4.69, 9.17) is 5.11 Å². The quantitative estimate of drug-likeness (QED) is 0.837. The van der Waals surface area contributed by atoms with Gasteiger partial charge in [0, 0.05) is 12.2 Å². The van der Waals surface area contributed by atoms with Gasteiger partial charge in [0.1, 0.15) is 5.69 Å². The summed E-state index contributed by atoms with van der Waals surface area (Å²) in [7, 11) is 0. The number of nitrogens with one attached hydrogen (secondary N) is 1. The van der Waals surface area contributed by atoms with Crippen LogP contribution in [0.1, 0.15) is 48.0 Å². The van der Waals surface area contributed by atoms with Gasteiger partial charge in [0.2, 0.25) is 0 Å². The second-order valence-electron chi connectivity index (χ2n) is 4.38. The fourth-order valence-corrected chi connectivity index (χ4v) is 1.46. The molecule has 2 atom stereocenters. The molecule has 5 heteroatoms. The predicted molar refractivity (Wildman–Crippen MR) is 67.6 cm³/mol. The molecule has 0 aliphatic rings. The maximum absolute atomic E-state index is 11.9. The summed E-state index contributed by atoms with van der Waals surface area (Å²) >= 11 is 0. The third-order valence-corrected chi connectivity index (χ3v) is 3.10. The topological polar surface area (TPSA) is 79.3 Å². The van der Waals surface area contributed by atoms with Crippen LogP contribution < -0.4 is 5.32 Å². The van der Waals surface area contributed by atoms with Crippen LogP contribution in [0.25, 0.3) is 0 Å². The number of carbonyl (C=O) groups is 2. The fraction of sp³-hybridized carbons (Fsp3) is 0.462. The lowest BCUT2D eigenvalue weighted by Crippen LogP contribution is -2.37. The first-order chi connectivity index (χ1) is 8.45. The minimum Gasteiger partial charge on any atom is -0.478 e. The van der Waals surface area contributed by atoms with Crippen molar-refractivity contribution in [3.63, 3.8) is 0 Å². The standard InChI is InChI=1S/C13H18N2O3/c1-4-8(2)9(3)15-12(16)11-7-10(13(17)18)5-6-14-11/h5-9H,4H2,1-3H3,(H,15,16)(H,17,18). The van der Waals surface area contributed by atoms with Gasteiger partial charge in [-0.15, -0.1) is 0 Å². The highest BCUT2D eigenvalue weighted by Gasteiger charge is 2.16. The number of hydrogen-bond donors (Lipinski definition) is 2. The van der Waals surface area contributed by atoms with Gasteiger partial charge in [0.15, 0.2) is 0 Å². The van der Waals surface area contributed by atoms with Crippen molar-refractivity contribution < 1.29 is 14.7 Å². The van der Waals surface area contributed by atoms with Gasteiger partial charge in [0.05, 0.1) is 5.56 Å². The van der Waals surface area contributed by atoms with E-state index in [0.29, 0.717) is 5.92 Å². The van der Waals surface area contributed by atoms with E-state index < -0.39 is 5.97 Å². The zero-order valence-corrected chi connectivity index (χ0v) is 10.8. The van der Waals surface area contributed by atoms with Crippen LogP contribution in [0.5, 0.6) is 0 Å². The maximum atomic E-state index is 11.9. The Labute approximate surface area is 106 Å². The average Bonchev–Trinajstić information content (AvgIpc) is 2.37. The highest BCUT2D eigenvalue weighted by molar-refractivity contribution is 5.95. The van der Waals surface area contributed by atoms with Crippen LogP contribution in [-0.2, 0) is 0 Å². The van der Waals surface area contributed by atoms with E-state index in [2.05, 4.69) is 17.2 Å². The van der Waals surface area contributed by atoms with Crippen molar-refractivity contribution in [3.8, 4) is 0 Å². The van der Waals surface area contributed by atoms with Crippen LogP contribution in [0.2, 0.25) is 0 Å². The monoisotopic (exact) mass is 250 g/mol. The predicted octanol–water partition coefficient (Wildman–Crippen LogP) is 1.94. The molecule has 0 spiro atoms. The molecular weight excluding hydrogens is 232 g/mol. The number of amides is 1. The molecule has 0 saturated heterocycles. The molecule has 1 rings (SSSR count). The molecule has 0 saturated carbocycles. The average molecular weight is 250 g/mol.